The predicted molar refractivity (Wildman–Crippen MR) is 104 cm³/mol. The van der Waals surface area contributed by atoms with Gasteiger partial charge in [0.25, 0.3) is 11.5 Å². The Morgan fingerprint density at radius 2 is 1.79 bits per heavy atom. The van der Waals surface area contributed by atoms with Crippen LogP contribution in [0.3, 0.4) is 0 Å². The lowest BCUT2D eigenvalue weighted by molar-refractivity contribution is 0.0949. The first-order valence-electron chi connectivity index (χ1n) is 8.71. The minimum atomic E-state index is -1.62. The van der Waals surface area contributed by atoms with E-state index in [-0.39, 0.29) is 24.1 Å². The van der Waals surface area contributed by atoms with Crippen molar-refractivity contribution in [3.8, 4) is 0 Å². The summed E-state index contributed by atoms with van der Waals surface area (Å²) in [6.45, 7) is 0.0600. The van der Waals surface area contributed by atoms with Crippen molar-refractivity contribution in [2.24, 2.45) is 0 Å². The van der Waals surface area contributed by atoms with Crippen LogP contribution in [0.2, 0.25) is 0 Å². The summed E-state index contributed by atoms with van der Waals surface area (Å²) in [5, 5.41) is 21.0. The van der Waals surface area contributed by atoms with Crippen LogP contribution < -0.4 is 16.3 Å². The van der Waals surface area contributed by atoms with Gasteiger partial charge >= 0.3 is 7.12 Å². The summed E-state index contributed by atoms with van der Waals surface area (Å²) in [6, 6.07) is 12.6. The van der Waals surface area contributed by atoms with Crippen LogP contribution in [0.5, 0.6) is 0 Å². The van der Waals surface area contributed by atoms with Gasteiger partial charge in [-0.15, -0.1) is 0 Å². The van der Waals surface area contributed by atoms with E-state index in [4.69, 9.17) is 0 Å². The summed E-state index contributed by atoms with van der Waals surface area (Å²) in [4.78, 5) is 25.0. The summed E-state index contributed by atoms with van der Waals surface area (Å²) in [7, 11) is -1.62. The molecule has 3 aromatic rings. The van der Waals surface area contributed by atoms with Crippen LogP contribution in [0.4, 0.5) is 8.78 Å². The number of aromatic nitrogens is 1. The van der Waals surface area contributed by atoms with Gasteiger partial charge in [-0.25, -0.2) is 8.78 Å². The number of carbonyl (C=O) groups excluding carboxylic acids is 1. The highest BCUT2D eigenvalue weighted by atomic mass is 19.2. The van der Waals surface area contributed by atoms with Gasteiger partial charge in [0.05, 0.1) is 6.54 Å². The molecule has 2 aromatic carbocycles. The molecule has 0 aliphatic carbocycles. The quantitative estimate of drug-likeness (QED) is 0.536. The Kier molecular flexibility index (Phi) is 6.21. The van der Waals surface area contributed by atoms with E-state index >= 15 is 0 Å². The third-order valence-corrected chi connectivity index (χ3v) is 4.30. The highest BCUT2D eigenvalue weighted by Gasteiger charge is 2.14. The maximum atomic E-state index is 13.4. The molecule has 1 heterocycles. The molecule has 1 aromatic heterocycles. The lowest BCUT2D eigenvalue weighted by Crippen LogP contribution is -2.33. The number of benzene rings is 2. The zero-order valence-electron chi connectivity index (χ0n) is 15.2. The minimum Gasteiger partial charge on any atom is -0.423 e. The Balaban J connectivity index is 1.74. The van der Waals surface area contributed by atoms with Crippen molar-refractivity contribution in [2.45, 2.75) is 13.1 Å². The molecule has 3 rings (SSSR count). The molecule has 0 saturated carbocycles. The average Bonchev–Trinajstić information content (AvgIpc) is 2.70. The number of pyridine rings is 1. The van der Waals surface area contributed by atoms with Gasteiger partial charge in [-0.1, -0.05) is 30.3 Å². The lowest BCUT2D eigenvalue weighted by Gasteiger charge is -2.10. The first kappa shape index (κ1) is 20.4. The van der Waals surface area contributed by atoms with Crippen molar-refractivity contribution in [2.75, 3.05) is 0 Å². The number of hydrogen-bond acceptors (Lipinski definition) is 4. The van der Waals surface area contributed by atoms with E-state index in [2.05, 4.69) is 5.32 Å². The van der Waals surface area contributed by atoms with E-state index in [1.165, 1.54) is 41.1 Å². The van der Waals surface area contributed by atoms with Crippen LogP contribution in [-0.2, 0) is 13.1 Å². The summed E-state index contributed by atoms with van der Waals surface area (Å²) in [5.41, 5.74) is 0.609. The number of halogens is 2. The monoisotopic (exact) mass is 398 g/mol. The first-order valence-corrected chi connectivity index (χ1v) is 8.71. The number of nitrogens with one attached hydrogen (secondary N) is 1. The topological polar surface area (TPSA) is 91.6 Å². The Hall–Kier alpha value is -3.30. The molecule has 6 nitrogen and oxygen atoms in total. The van der Waals surface area contributed by atoms with Crippen molar-refractivity contribution in [1.82, 2.24) is 9.88 Å². The molecule has 0 fully saturated rings. The van der Waals surface area contributed by atoms with Gasteiger partial charge in [-0.2, -0.15) is 0 Å². The normalized spacial score (nSPS) is 10.6. The van der Waals surface area contributed by atoms with Gasteiger partial charge in [0.2, 0.25) is 0 Å². The van der Waals surface area contributed by atoms with Crippen LogP contribution in [0, 0.1) is 11.6 Å². The molecule has 0 spiro atoms. The fourth-order valence-electron chi connectivity index (χ4n) is 2.81. The van der Waals surface area contributed by atoms with Crippen LogP contribution in [0.1, 0.15) is 21.5 Å². The summed E-state index contributed by atoms with van der Waals surface area (Å²) in [6.07, 6.45) is 1.45. The second-order valence-electron chi connectivity index (χ2n) is 6.40. The van der Waals surface area contributed by atoms with Crippen LogP contribution >= 0.6 is 0 Å². The number of rotatable bonds is 6. The maximum absolute atomic E-state index is 13.4. The van der Waals surface area contributed by atoms with Crippen molar-refractivity contribution in [3.63, 3.8) is 0 Å². The second-order valence-corrected chi connectivity index (χ2v) is 6.40. The van der Waals surface area contributed by atoms with Gasteiger partial charge in [-0.05, 0) is 40.9 Å². The predicted octanol–water partition coefficient (Wildman–Crippen LogP) is 0.785. The molecule has 0 saturated heterocycles. The van der Waals surface area contributed by atoms with E-state index in [9.17, 15) is 28.4 Å². The van der Waals surface area contributed by atoms with Gasteiger partial charge in [-0.3, -0.25) is 9.59 Å². The molecule has 9 heteroatoms. The number of carbonyl (C=O) groups is 1. The van der Waals surface area contributed by atoms with E-state index in [1.54, 1.807) is 12.1 Å². The maximum Gasteiger partial charge on any atom is 0.488 e. The molecule has 0 aliphatic rings. The van der Waals surface area contributed by atoms with Crippen molar-refractivity contribution in [3.05, 3.63) is 99.5 Å². The van der Waals surface area contributed by atoms with Gasteiger partial charge in [0, 0.05) is 12.7 Å². The first-order chi connectivity index (χ1) is 13.8. The molecule has 3 N–H and O–H groups in total. The molecule has 0 atom stereocenters. The summed E-state index contributed by atoms with van der Waals surface area (Å²) < 4.78 is 27.7. The molecule has 0 unspecified atom stereocenters. The molecule has 29 heavy (non-hydrogen) atoms. The SMILES string of the molecule is O=C(NCc1cccc(B(O)O)c1)c1cccn(Cc2ccc(F)c(F)c2)c1=O. The Labute approximate surface area is 165 Å². The van der Waals surface area contributed by atoms with E-state index in [0.717, 1.165) is 12.1 Å². The fraction of sp³-hybridized carbons (Fsp3) is 0.100. The highest BCUT2D eigenvalue weighted by Crippen LogP contribution is 2.09. The van der Waals surface area contributed by atoms with Crippen molar-refractivity contribution < 1.29 is 23.6 Å². The highest BCUT2D eigenvalue weighted by molar-refractivity contribution is 6.58. The molecule has 0 radical (unpaired) electrons. The number of hydrogen-bond donors (Lipinski definition) is 3. The van der Waals surface area contributed by atoms with Crippen LogP contribution in [0.15, 0.2) is 65.6 Å². The van der Waals surface area contributed by atoms with E-state index in [1.807, 2.05) is 0 Å². The molecule has 0 aliphatic heterocycles. The van der Waals surface area contributed by atoms with Crippen LogP contribution in [0.25, 0.3) is 0 Å². The Morgan fingerprint density at radius 1 is 1.00 bits per heavy atom. The molecular formula is C20H17BF2N2O4. The lowest BCUT2D eigenvalue weighted by atomic mass is 9.79. The zero-order chi connectivity index (χ0) is 21.0. The van der Waals surface area contributed by atoms with Crippen molar-refractivity contribution in [1.29, 1.82) is 0 Å². The third-order valence-electron chi connectivity index (χ3n) is 4.30. The van der Waals surface area contributed by atoms with Gasteiger partial charge in [0.1, 0.15) is 5.56 Å². The van der Waals surface area contributed by atoms with E-state index < -0.39 is 30.2 Å². The minimum absolute atomic E-state index is 0.0203. The average molecular weight is 398 g/mol. The summed E-state index contributed by atoms with van der Waals surface area (Å²) >= 11 is 0. The summed E-state index contributed by atoms with van der Waals surface area (Å²) in [5.74, 6) is -2.60. The van der Waals surface area contributed by atoms with Crippen molar-refractivity contribution >= 4 is 18.5 Å². The Bertz CT molecular complexity index is 1100. The molecular weight excluding hydrogens is 381 g/mol. The van der Waals surface area contributed by atoms with E-state index in [0.29, 0.717) is 11.1 Å². The van der Waals surface area contributed by atoms with Gasteiger partial charge < -0.3 is 19.9 Å². The molecule has 148 valence electrons. The molecule has 1 amide bonds. The molecule has 0 bridgehead atoms. The standard InChI is InChI=1S/C20H17BF2N2O4/c22-17-7-6-14(10-18(17)23)12-25-8-2-5-16(20(25)27)19(26)24-11-13-3-1-4-15(9-13)21(28)29/h1-10,28-29H,11-12H2,(H,24,26). The third kappa shape index (κ3) is 4.95. The second kappa shape index (κ2) is 8.81. The largest absolute Gasteiger partial charge is 0.488 e. The van der Waals surface area contributed by atoms with Gasteiger partial charge in [0.15, 0.2) is 11.6 Å². The van der Waals surface area contributed by atoms with Crippen LogP contribution in [-0.4, -0.2) is 27.6 Å². The fourth-order valence-corrected chi connectivity index (χ4v) is 2.81. The zero-order valence-corrected chi connectivity index (χ0v) is 15.2. The number of nitrogens with zero attached hydrogens (tertiary/aromatic N) is 1. The number of amides is 1. The smallest absolute Gasteiger partial charge is 0.423 e. The Morgan fingerprint density at radius 3 is 2.52 bits per heavy atom.